The number of nitrogens with zero attached hydrogens (tertiary/aromatic N) is 1. The van der Waals surface area contributed by atoms with Crippen LogP contribution in [-0.4, -0.2) is 35.6 Å². The highest BCUT2D eigenvalue weighted by Gasteiger charge is 2.33. The van der Waals surface area contributed by atoms with Crippen molar-refractivity contribution >= 4 is 23.6 Å². The summed E-state index contributed by atoms with van der Waals surface area (Å²) < 4.78 is 0. The molecule has 0 aliphatic carbocycles. The fraction of sp³-hybridized carbons (Fsp3) is 0.357. The molecule has 2 atom stereocenters. The third kappa shape index (κ3) is 3.13. The Bertz CT molecular complexity index is 587. The molecule has 0 saturated carbocycles. The van der Waals surface area contributed by atoms with Gasteiger partial charge in [-0.3, -0.25) is 9.59 Å². The Morgan fingerprint density at radius 3 is 2.67 bits per heavy atom. The lowest BCUT2D eigenvalue weighted by Gasteiger charge is -2.34. The van der Waals surface area contributed by atoms with Gasteiger partial charge in [0.25, 0.3) is 0 Å². The molecular weight excluding hydrogens is 274 g/mol. The van der Waals surface area contributed by atoms with Crippen molar-refractivity contribution in [2.75, 3.05) is 11.4 Å². The minimum Gasteiger partial charge on any atom is -0.481 e. The summed E-state index contributed by atoms with van der Waals surface area (Å²) in [7, 11) is 0. The lowest BCUT2D eigenvalue weighted by atomic mass is 9.92. The number of fused-ring (bicyclic) bond motifs is 1. The molecule has 0 fully saturated rings. The molecule has 7 nitrogen and oxygen atoms in total. The Balaban J connectivity index is 2.30. The van der Waals surface area contributed by atoms with Gasteiger partial charge in [0, 0.05) is 12.2 Å². The molecule has 4 N–H and O–H groups in total. The van der Waals surface area contributed by atoms with Crippen molar-refractivity contribution in [1.82, 2.24) is 5.32 Å². The second-order valence-corrected chi connectivity index (χ2v) is 5.05. The van der Waals surface area contributed by atoms with Gasteiger partial charge in [-0.2, -0.15) is 0 Å². The number of hydrogen-bond acceptors (Lipinski definition) is 3. The predicted molar refractivity (Wildman–Crippen MR) is 75.8 cm³/mol. The highest BCUT2D eigenvalue weighted by Crippen LogP contribution is 2.30. The van der Waals surface area contributed by atoms with E-state index >= 15 is 0 Å². The number of anilines is 1. The number of rotatable bonds is 3. The molecule has 0 radical (unpaired) electrons. The number of carbonyl (C=O) groups is 3. The monoisotopic (exact) mass is 291 g/mol. The van der Waals surface area contributed by atoms with Crippen LogP contribution in [-0.2, 0) is 16.0 Å². The molecule has 1 aromatic rings. The third-order valence-electron chi connectivity index (χ3n) is 3.50. The predicted octanol–water partition coefficient (Wildman–Crippen LogP) is 0.333. The molecule has 0 saturated heterocycles. The first-order chi connectivity index (χ1) is 9.90. The van der Waals surface area contributed by atoms with Gasteiger partial charge in [0.2, 0.25) is 5.91 Å². The van der Waals surface area contributed by atoms with Gasteiger partial charge in [0.1, 0.15) is 6.04 Å². The van der Waals surface area contributed by atoms with Crippen LogP contribution < -0.4 is 16.0 Å². The smallest absolute Gasteiger partial charge is 0.312 e. The summed E-state index contributed by atoms with van der Waals surface area (Å²) in [5.74, 6) is -1.99. The lowest BCUT2D eigenvalue weighted by molar-refractivity contribution is -0.141. The van der Waals surface area contributed by atoms with Crippen LogP contribution in [0, 0.1) is 5.92 Å². The Morgan fingerprint density at radius 2 is 2.05 bits per heavy atom. The zero-order valence-electron chi connectivity index (χ0n) is 11.6. The van der Waals surface area contributed by atoms with Crippen molar-refractivity contribution in [3.05, 3.63) is 29.8 Å². The van der Waals surface area contributed by atoms with Gasteiger partial charge in [-0.05, 0) is 25.0 Å². The highest BCUT2D eigenvalue weighted by molar-refractivity contribution is 6.00. The van der Waals surface area contributed by atoms with Gasteiger partial charge in [0.15, 0.2) is 0 Å². The number of carboxylic acids is 1. The quantitative estimate of drug-likeness (QED) is 0.745. The molecule has 0 spiro atoms. The number of carboxylic acid groups (broad SMARTS) is 1. The van der Waals surface area contributed by atoms with Crippen molar-refractivity contribution < 1.29 is 19.5 Å². The molecule has 1 heterocycles. The van der Waals surface area contributed by atoms with Crippen LogP contribution in [0.3, 0.4) is 0 Å². The normalized spacial score (nSPS) is 18.5. The molecular formula is C14H17N3O4. The Morgan fingerprint density at radius 1 is 1.38 bits per heavy atom. The van der Waals surface area contributed by atoms with Crippen LogP contribution >= 0.6 is 0 Å². The first-order valence-corrected chi connectivity index (χ1v) is 6.58. The van der Waals surface area contributed by atoms with Gasteiger partial charge < -0.3 is 21.1 Å². The second-order valence-electron chi connectivity index (χ2n) is 5.05. The van der Waals surface area contributed by atoms with Crippen molar-refractivity contribution in [3.63, 3.8) is 0 Å². The van der Waals surface area contributed by atoms with E-state index in [2.05, 4.69) is 5.32 Å². The molecule has 3 amide bonds. The molecule has 0 bridgehead atoms. The number of para-hydroxylation sites is 1. The Hall–Kier alpha value is -2.57. The molecule has 1 aliphatic heterocycles. The van der Waals surface area contributed by atoms with E-state index in [1.165, 1.54) is 11.8 Å². The Labute approximate surface area is 121 Å². The summed E-state index contributed by atoms with van der Waals surface area (Å²) in [6.07, 6.45) is 0.382. The Kier molecular flexibility index (Phi) is 4.11. The van der Waals surface area contributed by atoms with Crippen LogP contribution in [0.5, 0.6) is 0 Å². The molecule has 7 heteroatoms. The number of nitrogens with one attached hydrogen (secondary N) is 1. The van der Waals surface area contributed by atoms with E-state index in [0.717, 1.165) is 5.56 Å². The lowest BCUT2D eigenvalue weighted by Crippen LogP contribution is -2.52. The number of nitrogens with two attached hydrogens (primary N) is 1. The first kappa shape index (κ1) is 14.8. The number of hydrogen-bond donors (Lipinski definition) is 3. The SMILES string of the molecule is CC(NC(N)=O)C(=O)N1CC(C(=O)O)Cc2ccccc21. The number of urea groups is 1. The first-order valence-electron chi connectivity index (χ1n) is 6.58. The van der Waals surface area contributed by atoms with E-state index in [-0.39, 0.29) is 12.5 Å². The van der Waals surface area contributed by atoms with Crippen LogP contribution in [0.4, 0.5) is 10.5 Å². The second kappa shape index (κ2) is 5.82. The van der Waals surface area contributed by atoms with E-state index in [9.17, 15) is 19.5 Å². The molecule has 21 heavy (non-hydrogen) atoms. The minimum atomic E-state index is -0.946. The van der Waals surface area contributed by atoms with Gasteiger partial charge >= 0.3 is 12.0 Å². The average Bonchev–Trinajstić information content (AvgIpc) is 2.44. The number of benzene rings is 1. The van der Waals surface area contributed by atoms with Crippen molar-refractivity contribution in [2.45, 2.75) is 19.4 Å². The van der Waals surface area contributed by atoms with Crippen LogP contribution in [0.15, 0.2) is 24.3 Å². The van der Waals surface area contributed by atoms with Gasteiger partial charge in [-0.15, -0.1) is 0 Å². The minimum absolute atomic E-state index is 0.0793. The summed E-state index contributed by atoms with van der Waals surface area (Å²) >= 11 is 0. The third-order valence-corrected chi connectivity index (χ3v) is 3.50. The van der Waals surface area contributed by atoms with Crippen molar-refractivity contribution in [3.8, 4) is 0 Å². The van der Waals surface area contributed by atoms with Gasteiger partial charge in [-0.25, -0.2) is 4.79 Å². The summed E-state index contributed by atoms with van der Waals surface area (Å²) in [5.41, 5.74) is 6.50. The van der Waals surface area contributed by atoms with E-state index in [0.29, 0.717) is 12.1 Å². The summed E-state index contributed by atoms with van der Waals surface area (Å²) in [6.45, 7) is 1.59. The topological polar surface area (TPSA) is 113 Å². The van der Waals surface area contributed by atoms with Gasteiger partial charge in [0.05, 0.1) is 5.92 Å². The molecule has 2 unspecified atom stereocenters. The summed E-state index contributed by atoms with van der Waals surface area (Å²) in [5, 5.41) is 11.5. The van der Waals surface area contributed by atoms with Crippen LogP contribution in [0.25, 0.3) is 0 Å². The number of amides is 3. The molecule has 112 valence electrons. The van der Waals surface area contributed by atoms with E-state index in [1.54, 1.807) is 24.3 Å². The van der Waals surface area contributed by atoms with Crippen LogP contribution in [0.1, 0.15) is 12.5 Å². The summed E-state index contributed by atoms with van der Waals surface area (Å²) in [4.78, 5) is 35.9. The van der Waals surface area contributed by atoms with E-state index in [1.807, 2.05) is 0 Å². The van der Waals surface area contributed by atoms with E-state index < -0.39 is 24.0 Å². The summed E-state index contributed by atoms with van der Waals surface area (Å²) in [6, 6.07) is 5.54. The molecule has 2 rings (SSSR count). The highest BCUT2D eigenvalue weighted by atomic mass is 16.4. The maximum Gasteiger partial charge on any atom is 0.312 e. The van der Waals surface area contributed by atoms with Crippen LogP contribution in [0.2, 0.25) is 0 Å². The standard InChI is InChI=1S/C14H17N3O4/c1-8(16-14(15)21)12(18)17-7-10(13(19)20)6-9-4-2-3-5-11(9)17/h2-5,8,10H,6-7H2,1H3,(H,19,20)(H3,15,16,21). The molecule has 1 aromatic carbocycles. The number of carbonyl (C=O) groups excluding carboxylic acids is 2. The zero-order chi connectivity index (χ0) is 15.6. The maximum absolute atomic E-state index is 12.4. The fourth-order valence-corrected chi connectivity index (χ4v) is 2.48. The zero-order valence-corrected chi connectivity index (χ0v) is 11.6. The fourth-order valence-electron chi connectivity index (χ4n) is 2.48. The van der Waals surface area contributed by atoms with E-state index in [4.69, 9.17) is 5.73 Å². The maximum atomic E-state index is 12.4. The number of primary amides is 1. The van der Waals surface area contributed by atoms with Crippen molar-refractivity contribution in [1.29, 1.82) is 0 Å². The largest absolute Gasteiger partial charge is 0.481 e. The number of aliphatic carboxylic acids is 1. The molecule has 1 aliphatic rings. The van der Waals surface area contributed by atoms with Crippen molar-refractivity contribution in [2.24, 2.45) is 11.7 Å². The molecule has 0 aromatic heterocycles. The van der Waals surface area contributed by atoms with Gasteiger partial charge in [-0.1, -0.05) is 18.2 Å². The average molecular weight is 291 g/mol.